The number of nitrogens with one attached hydrogen (secondary N) is 1. The Balaban J connectivity index is 1.74. The number of benzene rings is 2. The number of oxime groups is 1. The van der Waals surface area contributed by atoms with Gasteiger partial charge in [0.25, 0.3) is 0 Å². The van der Waals surface area contributed by atoms with Crippen LogP contribution in [-0.2, 0) is 11.3 Å². The molecule has 0 fully saturated rings. The van der Waals surface area contributed by atoms with Gasteiger partial charge in [-0.05, 0) is 55.2 Å². The maximum absolute atomic E-state index is 12.6. The molecule has 5 nitrogen and oxygen atoms in total. The van der Waals surface area contributed by atoms with Gasteiger partial charge < -0.3 is 9.94 Å². The van der Waals surface area contributed by atoms with Crippen molar-refractivity contribution in [1.29, 1.82) is 0 Å². The molecule has 1 heterocycles. The molecule has 3 rings (SSSR count). The van der Waals surface area contributed by atoms with Crippen LogP contribution in [0, 0.1) is 12.8 Å². The third-order valence-electron chi connectivity index (χ3n) is 4.61. The van der Waals surface area contributed by atoms with Crippen LogP contribution in [0.4, 0.5) is 5.69 Å². The molecule has 5 heteroatoms. The third-order valence-corrected chi connectivity index (χ3v) is 4.61. The highest BCUT2D eigenvalue weighted by Crippen LogP contribution is 2.20. The number of rotatable bonds is 6. The number of fused-ring (bicyclic) bond motifs is 1. The lowest BCUT2D eigenvalue weighted by atomic mass is 10.1. The number of quaternary nitrogens is 1. The van der Waals surface area contributed by atoms with Crippen LogP contribution in [-0.4, -0.2) is 23.4 Å². The van der Waals surface area contributed by atoms with E-state index in [1.54, 1.807) is 0 Å². The van der Waals surface area contributed by atoms with Crippen LogP contribution in [0.5, 0.6) is 5.75 Å². The molecule has 1 amide bonds. The molecule has 0 radical (unpaired) electrons. The first-order valence-electron chi connectivity index (χ1n) is 8.95. The minimum absolute atomic E-state index is 0.132. The molecule has 0 bridgehead atoms. The Morgan fingerprint density at radius 3 is 2.54 bits per heavy atom. The first-order valence-corrected chi connectivity index (χ1v) is 8.95. The van der Waals surface area contributed by atoms with Gasteiger partial charge in [-0.2, -0.15) is 0 Å². The molecular formula is C21H25N2O3+. The van der Waals surface area contributed by atoms with Crippen molar-refractivity contribution in [2.45, 2.75) is 33.7 Å². The number of carbonyl (C=O) groups excluding carboxylic acids is 1. The summed E-state index contributed by atoms with van der Waals surface area (Å²) in [5, 5.41) is 12.5. The van der Waals surface area contributed by atoms with Crippen molar-refractivity contribution >= 4 is 17.3 Å². The number of nitrogens with zero attached hydrogens (tertiary/aromatic N) is 1. The van der Waals surface area contributed by atoms with Crippen molar-refractivity contribution in [3.8, 4) is 5.75 Å². The highest BCUT2D eigenvalue weighted by atomic mass is 16.5. The standard InChI is InChI=1S/C21H24N2O3/c1-14(2)10-11-26-17-7-5-16(6-8-17)13-23-19-9-4-15(3)12-18(19)20(22-25)21(23)24/h4-9,12,14,25H,10-11,13H2,1-3H3/p+1. The predicted octanol–water partition coefficient (Wildman–Crippen LogP) is 2.86. The average molecular weight is 353 g/mol. The van der Waals surface area contributed by atoms with E-state index in [1.165, 1.54) is 0 Å². The summed E-state index contributed by atoms with van der Waals surface area (Å²) in [6, 6.07) is 13.6. The van der Waals surface area contributed by atoms with Gasteiger partial charge in [0.1, 0.15) is 18.0 Å². The predicted molar refractivity (Wildman–Crippen MR) is 100 cm³/mol. The van der Waals surface area contributed by atoms with Crippen molar-refractivity contribution in [2.75, 3.05) is 6.61 Å². The van der Waals surface area contributed by atoms with E-state index < -0.39 is 0 Å². The Morgan fingerprint density at radius 2 is 1.88 bits per heavy atom. The highest BCUT2D eigenvalue weighted by Gasteiger charge is 2.40. The fraction of sp³-hybridized carbons (Fsp3) is 0.333. The monoisotopic (exact) mass is 353 g/mol. The Kier molecular flexibility index (Phi) is 5.38. The SMILES string of the molecule is Cc1ccc2c(c1)C(=NO)C(=O)[NH+]2Cc1ccc(OCCC(C)C)cc1. The topological polar surface area (TPSA) is 63.3 Å². The maximum atomic E-state index is 12.6. The quantitative estimate of drug-likeness (QED) is 0.620. The Hall–Kier alpha value is -2.66. The number of hydrogen-bond acceptors (Lipinski definition) is 4. The lowest BCUT2D eigenvalue weighted by molar-refractivity contribution is -0.757. The lowest BCUT2D eigenvalue weighted by Crippen LogP contribution is -3.07. The summed E-state index contributed by atoms with van der Waals surface area (Å²) < 4.78 is 5.74. The zero-order valence-electron chi connectivity index (χ0n) is 15.5. The number of carbonyl (C=O) groups is 1. The van der Waals surface area contributed by atoms with Gasteiger partial charge in [0.05, 0.1) is 12.2 Å². The Morgan fingerprint density at radius 1 is 1.15 bits per heavy atom. The second-order valence-electron chi connectivity index (χ2n) is 7.16. The van der Waals surface area contributed by atoms with Crippen LogP contribution in [0.25, 0.3) is 0 Å². The molecule has 2 aromatic carbocycles. The molecule has 0 saturated carbocycles. The van der Waals surface area contributed by atoms with Crippen molar-refractivity contribution in [3.63, 3.8) is 0 Å². The van der Waals surface area contributed by atoms with Gasteiger partial charge in [0.2, 0.25) is 5.71 Å². The summed E-state index contributed by atoms with van der Waals surface area (Å²) in [5.41, 5.74) is 3.75. The molecule has 2 aromatic rings. The van der Waals surface area contributed by atoms with Gasteiger partial charge in [0.15, 0.2) is 0 Å². The number of amides is 1. The number of aryl methyl sites for hydroxylation is 1. The van der Waals surface area contributed by atoms with Crippen molar-refractivity contribution in [3.05, 3.63) is 59.2 Å². The van der Waals surface area contributed by atoms with Crippen LogP contribution in [0.1, 0.15) is 37.0 Å². The van der Waals surface area contributed by atoms with Crippen LogP contribution >= 0.6 is 0 Å². The zero-order valence-corrected chi connectivity index (χ0v) is 15.5. The van der Waals surface area contributed by atoms with Gasteiger partial charge in [-0.25, -0.2) is 9.69 Å². The molecule has 1 aliphatic heterocycles. The average Bonchev–Trinajstić information content (AvgIpc) is 2.86. The molecule has 0 spiro atoms. The van der Waals surface area contributed by atoms with Gasteiger partial charge in [-0.15, -0.1) is 0 Å². The summed E-state index contributed by atoms with van der Waals surface area (Å²) in [4.78, 5) is 13.3. The molecule has 1 unspecified atom stereocenters. The smallest absolute Gasteiger partial charge is 0.372 e. The van der Waals surface area contributed by atoms with E-state index in [4.69, 9.17) is 4.74 Å². The second kappa shape index (κ2) is 7.70. The Labute approximate surface area is 153 Å². The summed E-state index contributed by atoms with van der Waals surface area (Å²) in [7, 11) is 0. The summed E-state index contributed by atoms with van der Waals surface area (Å²) in [5.74, 6) is 1.25. The van der Waals surface area contributed by atoms with Gasteiger partial charge >= 0.3 is 5.91 Å². The number of hydrogen-bond donors (Lipinski definition) is 2. The fourth-order valence-corrected chi connectivity index (χ4v) is 3.10. The minimum atomic E-state index is -0.203. The summed E-state index contributed by atoms with van der Waals surface area (Å²) >= 11 is 0. The lowest BCUT2D eigenvalue weighted by Gasteiger charge is -2.12. The van der Waals surface area contributed by atoms with Gasteiger partial charge in [-0.1, -0.05) is 25.1 Å². The van der Waals surface area contributed by atoms with Crippen molar-refractivity contribution in [2.24, 2.45) is 11.1 Å². The van der Waals surface area contributed by atoms with Crippen LogP contribution in [0.15, 0.2) is 47.6 Å². The molecule has 0 saturated heterocycles. The van der Waals surface area contributed by atoms with E-state index in [0.717, 1.165) is 29.0 Å². The fourth-order valence-electron chi connectivity index (χ4n) is 3.10. The molecule has 136 valence electrons. The maximum Gasteiger partial charge on any atom is 0.372 e. The van der Waals surface area contributed by atoms with Crippen LogP contribution < -0.4 is 9.64 Å². The van der Waals surface area contributed by atoms with E-state index in [0.29, 0.717) is 29.5 Å². The Bertz CT molecular complexity index is 826. The molecule has 1 atom stereocenters. The molecule has 26 heavy (non-hydrogen) atoms. The molecular weight excluding hydrogens is 328 g/mol. The second-order valence-corrected chi connectivity index (χ2v) is 7.16. The molecule has 2 N–H and O–H groups in total. The normalized spacial score (nSPS) is 17.8. The van der Waals surface area contributed by atoms with E-state index >= 15 is 0 Å². The number of ether oxygens (including phenoxy) is 1. The highest BCUT2D eigenvalue weighted by molar-refractivity contribution is 6.45. The van der Waals surface area contributed by atoms with E-state index in [9.17, 15) is 10.0 Å². The van der Waals surface area contributed by atoms with E-state index in [-0.39, 0.29) is 11.6 Å². The van der Waals surface area contributed by atoms with Crippen LogP contribution in [0.2, 0.25) is 0 Å². The molecule has 0 aromatic heterocycles. The largest absolute Gasteiger partial charge is 0.494 e. The molecule has 1 aliphatic rings. The first-order chi connectivity index (χ1) is 12.5. The van der Waals surface area contributed by atoms with Gasteiger partial charge in [0, 0.05) is 11.6 Å². The summed E-state index contributed by atoms with van der Waals surface area (Å²) in [6.45, 7) is 7.50. The van der Waals surface area contributed by atoms with Crippen molar-refractivity contribution in [1.82, 2.24) is 0 Å². The van der Waals surface area contributed by atoms with E-state index in [2.05, 4.69) is 19.0 Å². The summed E-state index contributed by atoms with van der Waals surface area (Å²) in [6.07, 6.45) is 1.02. The van der Waals surface area contributed by atoms with Crippen molar-refractivity contribution < 1.29 is 19.6 Å². The third kappa shape index (κ3) is 3.78. The molecule has 0 aliphatic carbocycles. The minimum Gasteiger partial charge on any atom is -0.494 e. The van der Waals surface area contributed by atoms with E-state index in [1.807, 2.05) is 49.4 Å². The van der Waals surface area contributed by atoms with Crippen LogP contribution in [0.3, 0.4) is 0 Å². The first kappa shape index (κ1) is 18.1. The zero-order chi connectivity index (χ0) is 18.7. The van der Waals surface area contributed by atoms with Gasteiger partial charge in [-0.3, -0.25) is 0 Å².